The summed E-state index contributed by atoms with van der Waals surface area (Å²) in [5.74, 6) is 0. The van der Waals surface area contributed by atoms with Gasteiger partial charge in [0, 0.05) is 24.2 Å². The summed E-state index contributed by atoms with van der Waals surface area (Å²) in [6.45, 7) is 7.41. The van der Waals surface area contributed by atoms with Crippen LogP contribution in [0.3, 0.4) is 0 Å². The van der Waals surface area contributed by atoms with E-state index in [0.29, 0.717) is 0 Å². The minimum Gasteiger partial charge on any atom is -0.309 e. The van der Waals surface area contributed by atoms with Crippen LogP contribution in [-0.4, -0.2) is 11.5 Å². The molecule has 0 unspecified atom stereocenters. The molecule has 0 saturated heterocycles. The van der Waals surface area contributed by atoms with Crippen molar-refractivity contribution in [3.8, 4) is 0 Å². The maximum atomic E-state index is 4.52. The van der Waals surface area contributed by atoms with Crippen molar-refractivity contribution in [3.63, 3.8) is 0 Å². The summed E-state index contributed by atoms with van der Waals surface area (Å²) in [6, 6.07) is 10.4. The molecule has 1 aromatic heterocycles. The van der Waals surface area contributed by atoms with Gasteiger partial charge in [0.15, 0.2) is 0 Å². The Morgan fingerprint density at radius 2 is 2.19 bits per heavy atom. The second-order valence-electron chi connectivity index (χ2n) is 3.86. The first kappa shape index (κ1) is 10.8. The molecule has 0 radical (unpaired) electrons. The minimum atomic E-state index is 0.829. The lowest BCUT2D eigenvalue weighted by Gasteiger charge is -2.08. The number of nitrogens with zero attached hydrogens (tertiary/aromatic N) is 1. The molecule has 0 atom stereocenters. The lowest BCUT2D eigenvalue weighted by molar-refractivity contribution is 0.763. The predicted octanol–water partition coefficient (Wildman–Crippen LogP) is 2.82. The van der Waals surface area contributed by atoms with Crippen LogP contribution in [-0.2, 0) is 6.54 Å². The van der Waals surface area contributed by atoms with Gasteiger partial charge in [0.1, 0.15) is 0 Å². The number of rotatable bonds is 4. The Hall–Kier alpha value is -1.67. The smallest absolute Gasteiger partial charge is 0.0708 e. The van der Waals surface area contributed by atoms with Crippen molar-refractivity contribution in [2.24, 2.45) is 0 Å². The zero-order valence-electron chi connectivity index (χ0n) is 9.53. The normalized spacial score (nSPS) is 10.6. The van der Waals surface area contributed by atoms with Gasteiger partial charge < -0.3 is 5.32 Å². The van der Waals surface area contributed by atoms with E-state index in [1.54, 1.807) is 0 Å². The van der Waals surface area contributed by atoms with Gasteiger partial charge in [0.05, 0.1) is 5.52 Å². The zero-order chi connectivity index (χ0) is 11.4. The van der Waals surface area contributed by atoms with Gasteiger partial charge in [-0.25, -0.2) is 0 Å². The highest BCUT2D eigenvalue weighted by Gasteiger charge is 2.02. The van der Waals surface area contributed by atoms with Gasteiger partial charge in [-0.2, -0.15) is 0 Å². The van der Waals surface area contributed by atoms with E-state index >= 15 is 0 Å². The van der Waals surface area contributed by atoms with Crippen LogP contribution < -0.4 is 5.32 Å². The van der Waals surface area contributed by atoms with E-state index in [2.05, 4.69) is 41.1 Å². The summed E-state index contributed by atoms with van der Waals surface area (Å²) in [4.78, 5) is 4.52. The van der Waals surface area contributed by atoms with Gasteiger partial charge in [-0.05, 0) is 24.6 Å². The van der Waals surface area contributed by atoms with Gasteiger partial charge in [-0.3, -0.25) is 4.98 Å². The second kappa shape index (κ2) is 4.90. The summed E-state index contributed by atoms with van der Waals surface area (Å²) in [6.07, 6.45) is 1.87. The lowest BCUT2D eigenvalue weighted by atomic mass is 10.1. The van der Waals surface area contributed by atoms with Gasteiger partial charge in [0.2, 0.25) is 0 Å². The van der Waals surface area contributed by atoms with Crippen molar-refractivity contribution >= 4 is 10.9 Å². The molecule has 0 spiro atoms. The predicted molar refractivity (Wildman–Crippen MR) is 68.4 cm³/mol. The minimum absolute atomic E-state index is 0.829. The van der Waals surface area contributed by atoms with E-state index in [9.17, 15) is 0 Å². The molecule has 0 amide bonds. The Kier molecular flexibility index (Phi) is 3.32. The average molecular weight is 212 g/mol. The molecule has 0 bridgehead atoms. The molecule has 1 N–H and O–H groups in total. The number of fused-ring (bicyclic) bond motifs is 1. The topological polar surface area (TPSA) is 24.9 Å². The molecule has 1 aromatic carbocycles. The summed E-state index contributed by atoms with van der Waals surface area (Å²) in [5, 5.41) is 4.55. The zero-order valence-corrected chi connectivity index (χ0v) is 9.53. The third kappa shape index (κ3) is 2.28. The van der Waals surface area contributed by atoms with Crippen LogP contribution in [0.5, 0.6) is 0 Å². The van der Waals surface area contributed by atoms with E-state index in [0.717, 1.165) is 24.3 Å². The Balaban J connectivity index is 2.38. The fourth-order valence-electron chi connectivity index (χ4n) is 1.85. The standard InChI is InChI=1S/C14H16N2/c1-3-8-15-10-12-9-11(2)16-14-7-5-4-6-13(12)14/h3-7,9,15H,1,8,10H2,2H3. The largest absolute Gasteiger partial charge is 0.309 e. The first-order valence-corrected chi connectivity index (χ1v) is 5.48. The number of hydrogen-bond donors (Lipinski definition) is 1. The SMILES string of the molecule is C=CCNCc1cc(C)nc2ccccc12. The molecule has 0 aliphatic rings. The number of aryl methyl sites for hydroxylation is 1. The Bertz CT molecular complexity index is 503. The van der Waals surface area contributed by atoms with Crippen molar-refractivity contribution in [2.45, 2.75) is 13.5 Å². The first-order chi connectivity index (χ1) is 7.81. The van der Waals surface area contributed by atoms with Crippen LogP contribution in [0.4, 0.5) is 0 Å². The number of aromatic nitrogens is 1. The van der Waals surface area contributed by atoms with E-state index in [1.807, 2.05) is 19.1 Å². The molecule has 2 rings (SSSR count). The highest BCUT2D eigenvalue weighted by atomic mass is 14.8. The molecule has 82 valence electrons. The molecule has 16 heavy (non-hydrogen) atoms. The van der Waals surface area contributed by atoms with Crippen molar-refractivity contribution in [1.29, 1.82) is 0 Å². The third-order valence-electron chi connectivity index (χ3n) is 2.53. The van der Waals surface area contributed by atoms with Crippen LogP contribution in [0.2, 0.25) is 0 Å². The van der Waals surface area contributed by atoms with Crippen LogP contribution in [0.1, 0.15) is 11.3 Å². The van der Waals surface area contributed by atoms with Crippen LogP contribution in [0.25, 0.3) is 10.9 Å². The monoisotopic (exact) mass is 212 g/mol. The Labute approximate surface area is 96.0 Å². The average Bonchev–Trinajstić information content (AvgIpc) is 2.29. The number of benzene rings is 1. The molecule has 0 fully saturated rings. The van der Waals surface area contributed by atoms with Gasteiger partial charge in [-0.1, -0.05) is 24.3 Å². The molecule has 2 nitrogen and oxygen atoms in total. The van der Waals surface area contributed by atoms with Crippen LogP contribution in [0, 0.1) is 6.92 Å². The summed E-state index contributed by atoms with van der Waals surface area (Å²) in [7, 11) is 0. The third-order valence-corrected chi connectivity index (χ3v) is 2.53. The van der Waals surface area contributed by atoms with Crippen molar-refractivity contribution in [2.75, 3.05) is 6.54 Å². The van der Waals surface area contributed by atoms with E-state index in [4.69, 9.17) is 0 Å². The summed E-state index contributed by atoms with van der Waals surface area (Å²) >= 11 is 0. The van der Waals surface area contributed by atoms with Crippen molar-refractivity contribution in [3.05, 3.63) is 54.2 Å². The number of pyridine rings is 1. The van der Waals surface area contributed by atoms with Crippen molar-refractivity contribution in [1.82, 2.24) is 10.3 Å². The molecular formula is C14H16N2. The maximum Gasteiger partial charge on any atom is 0.0708 e. The maximum absolute atomic E-state index is 4.52. The summed E-state index contributed by atoms with van der Waals surface area (Å²) in [5.41, 5.74) is 3.43. The fourth-order valence-corrected chi connectivity index (χ4v) is 1.85. The molecule has 1 heterocycles. The number of nitrogens with one attached hydrogen (secondary N) is 1. The van der Waals surface area contributed by atoms with Gasteiger partial charge in [0.25, 0.3) is 0 Å². The number of para-hydroxylation sites is 1. The van der Waals surface area contributed by atoms with Crippen LogP contribution >= 0.6 is 0 Å². The Morgan fingerprint density at radius 3 is 3.00 bits per heavy atom. The lowest BCUT2D eigenvalue weighted by Crippen LogP contribution is -2.13. The Morgan fingerprint density at radius 1 is 1.38 bits per heavy atom. The van der Waals surface area contributed by atoms with E-state index in [1.165, 1.54) is 10.9 Å². The first-order valence-electron chi connectivity index (χ1n) is 5.48. The van der Waals surface area contributed by atoms with Crippen molar-refractivity contribution < 1.29 is 0 Å². The molecule has 2 heteroatoms. The molecule has 0 aliphatic heterocycles. The molecule has 2 aromatic rings. The highest BCUT2D eigenvalue weighted by molar-refractivity contribution is 5.82. The quantitative estimate of drug-likeness (QED) is 0.622. The second-order valence-corrected chi connectivity index (χ2v) is 3.86. The fraction of sp³-hybridized carbons (Fsp3) is 0.214. The van der Waals surface area contributed by atoms with E-state index < -0.39 is 0 Å². The molecular weight excluding hydrogens is 196 g/mol. The summed E-state index contributed by atoms with van der Waals surface area (Å²) < 4.78 is 0. The van der Waals surface area contributed by atoms with Gasteiger partial charge in [-0.15, -0.1) is 6.58 Å². The molecule has 0 saturated carbocycles. The van der Waals surface area contributed by atoms with Gasteiger partial charge >= 0.3 is 0 Å². The van der Waals surface area contributed by atoms with E-state index in [-0.39, 0.29) is 0 Å². The molecule has 0 aliphatic carbocycles. The van der Waals surface area contributed by atoms with Crippen LogP contribution in [0.15, 0.2) is 43.0 Å². The highest BCUT2D eigenvalue weighted by Crippen LogP contribution is 2.17. The number of hydrogen-bond acceptors (Lipinski definition) is 2.